The molecule has 1 aromatic heterocycles. The van der Waals surface area contributed by atoms with Crippen molar-refractivity contribution in [3.8, 4) is 0 Å². The highest BCUT2D eigenvalue weighted by molar-refractivity contribution is 7.16. The molecule has 128 valence electrons. The smallest absolute Gasteiger partial charge is 0.279 e. The van der Waals surface area contributed by atoms with Crippen molar-refractivity contribution >= 4 is 33.1 Å². The SMILES string of the molecule is COCCn1c(=NC(=O)c2ccccc2)sc2cc([N+](=O)[O-])ccc21. The Kier molecular flexibility index (Phi) is 5.01. The molecular weight excluding hydrogens is 342 g/mol. The molecule has 7 nitrogen and oxygen atoms in total. The number of nitro groups is 1. The summed E-state index contributed by atoms with van der Waals surface area (Å²) in [4.78, 5) is 27.6. The number of thiazole rings is 1. The van der Waals surface area contributed by atoms with Crippen LogP contribution < -0.4 is 4.80 Å². The summed E-state index contributed by atoms with van der Waals surface area (Å²) in [5.41, 5.74) is 1.28. The Labute approximate surface area is 147 Å². The predicted octanol–water partition coefficient (Wildman–Crippen LogP) is 3.00. The van der Waals surface area contributed by atoms with Gasteiger partial charge in [-0.05, 0) is 18.2 Å². The summed E-state index contributed by atoms with van der Waals surface area (Å²) in [7, 11) is 1.59. The Morgan fingerprint density at radius 2 is 2.04 bits per heavy atom. The number of non-ortho nitro benzene ring substituents is 1. The Balaban J connectivity index is 2.13. The van der Waals surface area contributed by atoms with Gasteiger partial charge in [-0.15, -0.1) is 0 Å². The zero-order valence-corrected chi connectivity index (χ0v) is 14.2. The van der Waals surface area contributed by atoms with Crippen LogP contribution in [-0.2, 0) is 11.3 Å². The number of nitro benzene ring substituents is 1. The number of fused-ring (bicyclic) bond motifs is 1. The highest BCUT2D eigenvalue weighted by atomic mass is 32.1. The molecule has 0 unspecified atom stereocenters. The molecule has 3 rings (SSSR count). The maximum absolute atomic E-state index is 12.4. The lowest BCUT2D eigenvalue weighted by molar-refractivity contribution is -0.384. The second-order valence-electron chi connectivity index (χ2n) is 5.22. The molecule has 8 heteroatoms. The summed E-state index contributed by atoms with van der Waals surface area (Å²) in [6.07, 6.45) is 0. The monoisotopic (exact) mass is 357 g/mol. The van der Waals surface area contributed by atoms with Gasteiger partial charge < -0.3 is 9.30 Å². The van der Waals surface area contributed by atoms with E-state index in [1.165, 1.54) is 23.5 Å². The highest BCUT2D eigenvalue weighted by Crippen LogP contribution is 2.23. The summed E-state index contributed by atoms with van der Waals surface area (Å²) < 4.78 is 7.66. The van der Waals surface area contributed by atoms with Gasteiger partial charge in [-0.25, -0.2) is 0 Å². The number of benzene rings is 2. The fraction of sp³-hybridized carbons (Fsp3) is 0.176. The lowest BCUT2D eigenvalue weighted by atomic mass is 10.2. The van der Waals surface area contributed by atoms with Gasteiger partial charge >= 0.3 is 0 Å². The molecule has 2 aromatic carbocycles. The van der Waals surface area contributed by atoms with Gasteiger partial charge in [0, 0.05) is 31.4 Å². The highest BCUT2D eigenvalue weighted by Gasteiger charge is 2.13. The summed E-state index contributed by atoms with van der Waals surface area (Å²) in [5.74, 6) is -0.354. The van der Waals surface area contributed by atoms with Crippen LogP contribution in [0.4, 0.5) is 5.69 Å². The number of methoxy groups -OCH3 is 1. The normalized spacial score (nSPS) is 11.8. The molecule has 0 radical (unpaired) electrons. The van der Waals surface area contributed by atoms with Crippen LogP contribution in [0.15, 0.2) is 53.5 Å². The van der Waals surface area contributed by atoms with Crippen LogP contribution >= 0.6 is 11.3 Å². The molecule has 0 bridgehead atoms. The average molecular weight is 357 g/mol. The van der Waals surface area contributed by atoms with E-state index in [0.29, 0.717) is 28.2 Å². The molecule has 0 N–H and O–H groups in total. The molecular formula is C17H15N3O4S. The molecule has 0 saturated carbocycles. The number of carbonyl (C=O) groups excluding carboxylic acids is 1. The van der Waals surface area contributed by atoms with Crippen molar-refractivity contribution in [1.82, 2.24) is 4.57 Å². The van der Waals surface area contributed by atoms with E-state index in [4.69, 9.17) is 4.74 Å². The van der Waals surface area contributed by atoms with Crippen LogP contribution in [0.3, 0.4) is 0 Å². The summed E-state index contributed by atoms with van der Waals surface area (Å²) in [6, 6.07) is 13.4. The van der Waals surface area contributed by atoms with Crippen LogP contribution in [0.1, 0.15) is 10.4 Å². The van der Waals surface area contributed by atoms with Crippen LogP contribution in [0.5, 0.6) is 0 Å². The number of hydrogen-bond donors (Lipinski definition) is 0. The molecule has 0 spiro atoms. The molecule has 1 heterocycles. The molecule has 0 atom stereocenters. The number of rotatable bonds is 5. The molecule has 1 amide bonds. The summed E-state index contributed by atoms with van der Waals surface area (Å²) in [6.45, 7) is 0.935. The first-order chi connectivity index (χ1) is 12.1. The zero-order chi connectivity index (χ0) is 17.8. The maximum atomic E-state index is 12.4. The van der Waals surface area contributed by atoms with E-state index in [1.54, 1.807) is 37.4 Å². The lowest BCUT2D eigenvalue weighted by Crippen LogP contribution is -2.19. The van der Waals surface area contributed by atoms with Gasteiger partial charge in [0.05, 0.1) is 21.7 Å². The third kappa shape index (κ3) is 3.65. The summed E-state index contributed by atoms with van der Waals surface area (Å²) in [5, 5.41) is 11.0. The van der Waals surface area contributed by atoms with E-state index >= 15 is 0 Å². The number of aromatic nitrogens is 1. The third-order valence-corrected chi connectivity index (χ3v) is 4.66. The third-order valence-electron chi connectivity index (χ3n) is 3.61. The average Bonchev–Trinajstić information content (AvgIpc) is 2.96. The Bertz CT molecular complexity index is 992. The van der Waals surface area contributed by atoms with Crippen molar-refractivity contribution in [3.05, 3.63) is 69.0 Å². The number of ether oxygens (including phenoxy) is 1. The van der Waals surface area contributed by atoms with Crippen molar-refractivity contribution in [1.29, 1.82) is 0 Å². The number of amides is 1. The maximum Gasteiger partial charge on any atom is 0.279 e. The van der Waals surface area contributed by atoms with Gasteiger partial charge in [0.2, 0.25) is 0 Å². The van der Waals surface area contributed by atoms with Crippen LogP contribution in [0.2, 0.25) is 0 Å². The molecule has 0 aliphatic carbocycles. The number of nitrogens with zero attached hydrogens (tertiary/aromatic N) is 3. The Morgan fingerprint density at radius 3 is 2.72 bits per heavy atom. The largest absolute Gasteiger partial charge is 0.383 e. The molecule has 3 aromatic rings. The van der Waals surface area contributed by atoms with E-state index < -0.39 is 4.92 Å². The van der Waals surface area contributed by atoms with Crippen molar-refractivity contribution in [3.63, 3.8) is 0 Å². The van der Waals surface area contributed by atoms with Crippen LogP contribution in [0.25, 0.3) is 10.2 Å². The molecule has 0 aliphatic rings. The molecule has 0 aliphatic heterocycles. The molecule has 0 saturated heterocycles. The number of hydrogen-bond acceptors (Lipinski definition) is 5. The van der Waals surface area contributed by atoms with Crippen molar-refractivity contribution in [2.24, 2.45) is 4.99 Å². The standard InChI is InChI=1S/C17H15N3O4S/c1-24-10-9-19-14-8-7-13(20(22)23)11-15(14)25-17(19)18-16(21)12-5-3-2-4-6-12/h2-8,11H,9-10H2,1H3. The van der Waals surface area contributed by atoms with Crippen LogP contribution in [-0.4, -0.2) is 29.1 Å². The minimum Gasteiger partial charge on any atom is -0.383 e. The van der Waals surface area contributed by atoms with E-state index in [1.807, 2.05) is 10.6 Å². The van der Waals surface area contributed by atoms with Gasteiger partial charge in [-0.2, -0.15) is 4.99 Å². The van der Waals surface area contributed by atoms with Gasteiger partial charge in [-0.3, -0.25) is 14.9 Å². The first-order valence-corrected chi connectivity index (χ1v) is 8.32. The van der Waals surface area contributed by atoms with Gasteiger partial charge in [-0.1, -0.05) is 29.5 Å². The molecule has 25 heavy (non-hydrogen) atoms. The summed E-state index contributed by atoms with van der Waals surface area (Å²) >= 11 is 1.24. The minimum atomic E-state index is -0.440. The van der Waals surface area contributed by atoms with Gasteiger partial charge in [0.15, 0.2) is 4.80 Å². The fourth-order valence-corrected chi connectivity index (χ4v) is 3.48. The minimum absolute atomic E-state index is 0.00794. The van der Waals surface area contributed by atoms with E-state index in [0.717, 1.165) is 5.52 Å². The number of carbonyl (C=O) groups is 1. The van der Waals surface area contributed by atoms with E-state index in [2.05, 4.69) is 4.99 Å². The lowest BCUT2D eigenvalue weighted by Gasteiger charge is -2.04. The van der Waals surface area contributed by atoms with Crippen molar-refractivity contribution < 1.29 is 14.5 Å². The van der Waals surface area contributed by atoms with Gasteiger partial charge in [0.1, 0.15) is 0 Å². The van der Waals surface area contributed by atoms with Crippen molar-refractivity contribution in [2.75, 3.05) is 13.7 Å². The quantitative estimate of drug-likeness (QED) is 0.519. The fourth-order valence-electron chi connectivity index (χ4n) is 2.39. The second-order valence-corrected chi connectivity index (χ2v) is 6.23. The zero-order valence-electron chi connectivity index (χ0n) is 13.4. The Morgan fingerprint density at radius 1 is 1.28 bits per heavy atom. The second kappa shape index (κ2) is 7.37. The first kappa shape index (κ1) is 17.0. The molecule has 0 fully saturated rings. The first-order valence-electron chi connectivity index (χ1n) is 7.51. The predicted molar refractivity (Wildman–Crippen MR) is 94.7 cm³/mol. The Hall–Kier alpha value is -2.84. The van der Waals surface area contributed by atoms with E-state index in [9.17, 15) is 14.9 Å². The van der Waals surface area contributed by atoms with Gasteiger partial charge in [0.25, 0.3) is 11.6 Å². The topological polar surface area (TPSA) is 86.7 Å². The van der Waals surface area contributed by atoms with Crippen LogP contribution in [0, 0.1) is 10.1 Å². The van der Waals surface area contributed by atoms with E-state index in [-0.39, 0.29) is 11.6 Å². The van der Waals surface area contributed by atoms with Crippen molar-refractivity contribution in [2.45, 2.75) is 6.54 Å².